The van der Waals surface area contributed by atoms with Crippen LogP contribution in [0.3, 0.4) is 0 Å². The molecule has 0 heterocycles. The van der Waals surface area contributed by atoms with Crippen LogP contribution in [0.4, 0.5) is 0 Å². The molecule has 0 amide bonds. The highest BCUT2D eigenvalue weighted by Crippen LogP contribution is 2.21. The van der Waals surface area contributed by atoms with E-state index >= 15 is 0 Å². The fourth-order valence-electron chi connectivity index (χ4n) is 1.43. The minimum atomic E-state index is 0.622. The first kappa shape index (κ1) is 12.9. The van der Waals surface area contributed by atoms with Gasteiger partial charge in [0.15, 0.2) is 0 Å². The quantitative estimate of drug-likeness (QED) is 0.406. The largest absolute Gasteiger partial charge is 0.387 e. The van der Waals surface area contributed by atoms with Crippen molar-refractivity contribution in [3.05, 3.63) is 23.4 Å². The summed E-state index contributed by atoms with van der Waals surface area (Å²) in [6.07, 6.45) is 3.07. The molecule has 0 aliphatic rings. The number of aliphatic imine (C=N–C) groups is 1. The molecule has 0 aliphatic carbocycles. The Morgan fingerprint density at radius 2 is 1.86 bits per heavy atom. The van der Waals surface area contributed by atoms with Crippen molar-refractivity contribution in [1.29, 1.82) is 0 Å². The summed E-state index contributed by atoms with van der Waals surface area (Å²) in [5.74, 6) is 0.622. The summed E-state index contributed by atoms with van der Waals surface area (Å²) in [5, 5.41) is 0. The van der Waals surface area contributed by atoms with E-state index in [4.69, 9.17) is 5.73 Å². The molecule has 80 valence electrons. The molecule has 0 radical (unpaired) electrons. The van der Waals surface area contributed by atoms with Crippen molar-refractivity contribution < 1.29 is 0 Å². The first-order chi connectivity index (χ1) is 6.52. The van der Waals surface area contributed by atoms with Gasteiger partial charge in [-0.25, -0.2) is 4.99 Å². The SMILES string of the molecule is C=C(C)/C(CCC)=C(/CC)N=C(C)N. The van der Waals surface area contributed by atoms with Crippen LogP contribution >= 0.6 is 0 Å². The lowest BCUT2D eigenvalue weighted by molar-refractivity contribution is 0.875. The third kappa shape index (κ3) is 4.26. The Morgan fingerprint density at radius 1 is 1.29 bits per heavy atom. The highest BCUT2D eigenvalue weighted by molar-refractivity contribution is 5.78. The molecule has 0 fully saturated rings. The number of hydrogen-bond donors (Lipinski definition) is 1. The molecule has 0 aromatic carbocycles. The molecule has 0 spiro atoms. The monoisotopic (exact) mass is 194 g/mol. The fraction of sp³-hybridized carbons (Fsp3) is 0.583. The zero-order valence-electron chi connectivity index (χ0n) is 9.85. The number of nitrogens with zero attached hydrogens (tertiary/aromatic N) is 1. The van der Waals surface area contributed by atoms with E-state index in [2.05, 4.69) is 25.4 Å². The smallest absolute Gasteiger partial charge is 0.0961 e. The van der Waals surface area contributed by atoms with Crippen molar-refractivity contribution in [1.82, 2.24) is 0 Å². The Kier molecular flexibility index (Phi) is 5.93. The Hall–Kier alpha value is -1.05. The normalized spacial score (nSPS) is 13.9. The predicted octanol–water partition coefficient (Wildman–Crippen LogP) is 3.40. The lowest BCUT2D eigenvalue weighted by Gasteiger charge is -2.10. The van der Waals surface area contributed by atoms with E-state index in [-0.39, 0.29) is 0 Å². The lowest BCUT2D eigenvalue weighted by atomic mass is 10.0. The van der Waals surface area contributed by atoms with Gasteiger partial charge in [-0.15, -0.1) is 0 Å². The molecule has 2 heteroatoms. The first-order valence-corrected chi connectivity index (χ1v) is 5.21. The summed E-state index contributed by atoms with van der Waals surface area (Å²) >= 11 is 0. The molecule has 0 saturated heterocycles. The van der Waals surface area contributed by atoms with E-state index in [0.29, 0.717) is 5.84 Å². The van der Waals surface area contributed by atoms with E-state index < -0.39 is 0 Å². The van der Waals surface area contributed by atoms with Gasteiger partial charge in [0.25, 0.3) is 0 Å². The topological polar surface area (TPSA) is 38.4 Å². The highest BCUT2D eigenvalue weighted by atomic mass is 14.9. The first-order valence-electron chi connectivity index (χ1n) is 5.21. The lowest BCUT2D eigenvalue weighted by Crippen LogP contribution is -2.06. The van der Waals surface area contributed by atoms with Crippen molar-refractivity contribution in [2.75, 3.05) is 0 Å². The molecule has 2 nitrogen and oxygen atoms in total. The zero-order chi connectivity index (χ0) is 11.1. The summed E-state index contributed by atoms with van der Waals surface area (Å²) < 4.78 is 0. The molecular formula is C12H22N2. The van der Waals surface area contributed by atoms with Crippen molar-refractivity contribution in [2.45, 2.75) is 47.0 Å². The Morgan fingerprint density at radius 3 is 2.14 bits per heavy atom. The van der Waals surface area contributed by atoms with Gasteiger partial charge in [-0.3, -0.25) is 0 Å². The van der Waals surface area contributed by atoms with Gasteiger partial charge in [0.1, 0.15) is 0 Å². The summed E-state index contributed by atoms with van der Waals surface area (Å²) in [5.41, 5.74) is 9.04. The van der Waals surface area contributed by atoms with Crippen molar-refractivity contribution in [2.24, 2.45) is 10.7 Å². The number of hydrogen-bond acceptors (Lipinski definition) is 1. The fourth-order valence-corrected chi connectivity index (χ4v) is 1.43. The number of nitrogens with two attached hydrogens (primary N) is 1. The maximum absolute atomic E-state index is 5.59. The average molecular weight is 194 g/mol. The van der Waals surface area contributed by atoms with Crippen LogP contribution in [0, 0.1) is 0 Å². The van der Waals surface area contributed by atoms with Gasteiger partial charge >= 0.3 is 0 Å². The summed E-state index contributed by atoms with van der Waals surface area (Å²) in [7, 11) is 0. The molecule has 0 unspecified atom stereocenters. The molecule has 2 N–H and O–H groups in total. The molecule has 0 saturated carbocycles. The maximum Gasteiger partial charge on any atom is 0.0961 e. The van der Waals surface area contributed by atoms with Crippen LogP contribution in [-0.2, 0) is 0 Å². The summed E-state index contributed by atoms with van der Waals surface area (Å²) in [6.45, 7) is 12.1. The van der Waals surface area contributed by atoms with Gasteiger partial charge in [0.05, 0.1) is 5.84 Å². The van der Waals surface area contributed by atoms with Crippen LogP contribution in [0.2, 0.25) is 0 Å². The van der Waals surface area contributed by atoms with Crippen molar-refractivity contribution in [3.63, 3.8) is 0 Å². The molecule has 0 aromatic heterocycles. The molecular weight excluding hydrogens is 172 g/mol. The number of allylic oxidation sites excluding steroid dienone is 3. The predicted molar refractivity (Wildman–Crippen MR) is 64.3 cm³/mol. The Labute approximate surface area is 87.6 Å². The maximum atomic E-state index is 5.59. The average Bonchev–Trinajstić information content (AvgIpc) is 2.10. The van der Waals surface area contributed by atoms with Gasteiger partial charge in [0.2, 0.25) is 0 Å². The number of rotatable bonds is 5. The van der Waals surface area contributed by atoms with Gasteiger partial charge in [0, 0.05) is 5.70 Å². The minimum absolute atomic E-state index is 0.622. The van der Waals surface area contributed by atoms with E-state index in [1.165, 1.54) is 5.57 Å². The highest BCUT2D eigenvalue weighted by Gasteiger charge is 2.04. The molecule has 0 aromatic rings. The third-order valence-electron chi connectivity index (χ3n) is 2.01. The van der Waals surface area contributed by atoms with Gasteiger partial charge in [-0.1, -0.05) is 32.4 Å². The van der Waals surface area contributed by atoms with E-state index in [1.807, 2.05) is 13.8 Å². The van der Waals surface area contributed by atoms with Crippen molar-refractivity contribution >= 4 is 5.84 Å². The van der Waals surface area contributed by atoms with E-state index in [1.54, 1.807) is 0 Å². The van der Waals surface area contributed by atoms with Gasteiger partial charge in [-0.05, 0) is 32.3 Å². The van der Waals surface area contributed by atoms with Crippen LogP contribution in [-0.4, -0.2) is 5.84 Å². The minimum Gasteiger partial charge on any atom is -0.387 e. The molecule has 0 atom stereocenters. The van der Waals surface area contributed by atoms with Crippen LogP contribution in [0.5, 0.6) is 0 Å². The second-order valence-electron chi connectivity index (χ2n) is 3.56. The van der Waals surface area contributed by atoms with Crippen LogP contribution in [0.1, 0.15) is 47.0 Å². The number of amidine groups is 1. The van der Waals surface area contributed by atoms with Crippen LogP contribution in [0.25, 0.3) is 0 Å². The summed E-state index contributed by atoms with van der Waals surface area (Å²) in [4.78, 5) is 4.35. The zero-order valence-corrected chi connectivity index (χ0v) is 9.85. The van der Waals surface area contributed by atoms with E-state index in [0.717, 1.165) is 30.5 Å². The Bertz CT molecular complexity index is 255. The molecule has 0 rings (SSSR count). The standard InChI is InChI=1S/C12H22N2/c1-6-8-11(9(3)4)12(7-2)14-10(5)13/h3,6-8H2,1-2,4-5H3,(H2,13,14)/b12-11-. The summed E-state index contributed by atoms with van der Waals surface area (Å²) in [6, 6.07) is 0. The van der Waals surface area contributed by atoms with E-state index in [9.17, 15) is 0 Å². The van der Waals surface area contributed by atoms with Gasteiger partial charge < -0.3 is 5.73 Å². The van der Waals surface area contributed by atoms with Crippen molar-refractivity contribution in [3.8, 4) is 0 Å². The third-order valence-corrected chi connectivity index (χ3v) is 2.01. The van der Waals surface area contributed by atoms with Crippen LogP contribution < -0.4 is 5.73 Å². The second kappa shape index (κ2) is 6.41. The molecule has 0 bridgehead atoms. The second-order valence-corrected chi connectivity index (χ2v) is 3.56. The molecule has 0 aliphatic heterocycles. The molecule has 14 heavy (non-hydrogen) atoms. The van der Waals surface area contributed by atoms with Gasteiger partial charge in [-0.2, -0.15) is 0 Å². The Balaban J connectivity index is 5.08. The van der Waals surface area contributed by atoms with Crippen LogP contribution in [0.15, 0.2) is 28.4 Å².